The van der Waals surface area contributed by atoms with Gasteiger partial charge in [-0.15, -0.1) is 4.52 Å². The van der Waals surface area contributed by atoms with Crippen LogP contribution in [0.2, 0.25) is 0 Å². The maximum atomic E-state index is 11.1. The van der Waals surface area contributed by atoms with Gasteiger partial charge in [-0.25, -0.2) is 0 Å². The fraction of sp³-hybridized carbons (Fsp3) is 0.875. The highest BCUT2D eigenvalue weighted by molar-refractivity contribution is 7.58. The maximum absolute atomic E-state index is 11.1. The van der Waals surface area contributed by atoms with Gasteiger partial charge in [0.05, 0.1) is 7.11 Å². The second kappa shape index (κ2) is 5.30. The molecule has 5 heteroatoms. The lowest BCUT2D eigenvalue weighted by Gasteiger charge is -2.15. The monoisotopic (exact) mass is 205 g/mol. The number of carbonyl (C=O) groups excluding carboxylic acids is 1. The normalized spacial score (nSPS) is 19.6. The minimum Gasteiger partial charge on any atom is -0.429 e. The molecule has 1 unspecified atom stereocenters. The molecule has 1 rings (SSSR count). The summed E-state index contributed by atoms with van der Waals surface area (Å²) in [4.78, 5) is 10.8. The van der Waals surface area contributed by atoms with Crippen LogP contribution < -0.4 is 0 Å². The molecule has 0 aromatic carbocycles. The minimum absolute atomic E-state index is 0.0172. The number of carbonyl (C=O) groups is 1. The first-order valence-electron chi connectivity index (χ1n) is 4.46. The second-order valence-corrected chi connectivity index (χ2v) is 4.18. The first-order valence-corrected chi connectivity index (χ1v) is 5.63. The third-order valence-electron chi connectivity index (χ3n) is 2.12. The van der Waals surface area contributed by atoms with E-state index in [0.29, 0.717) is 0 Å². The molecule has 0 amide bonds. The number of rotatable bonds is 3. The molecule has 1 fully saturated rings. The molecule has 0 N–H and O–H groups in total. The first kappa shape index (κ1) is 10.6. The van der Waals surface area contributed by atoms with Crippen LogP contribution in [-0.2, 0) is 13.8 Å². The van der Waals surface area contributed by atoms with Crippen molar-refractivity contribution in [2.24, 2.45) is 0 Å². The van der Waals surface area contributed by atoms with Crippen LogP contribution in [-0.4, -0.2) is 18.9 Å². The molecule has 1 aliphatic carbocycles. The van der Waals surface area contributed by atoms with Gasteiger partial charge < -0.3 is 4.74 Å². The van der Waals surface area contributed by atoms with E-state index in [-0.39, 0.29) is 6.10 Å². The Morgan fingerprint density at radius 1 is 1.31 bits per heavy atom. The van der Waals surface area contributed by atoms with Crippen LogP contribution in [0.1, 0.15) is 32.1 Å². The fourth-order valence-corrected chi connectivity index (χ4v) is 2.14. The van der Waals surface area contributed by atoms with E-state index >= 15 is 0 Å². The molecule has 0 saturated heterocycles. The van der Waals surface area contributed by atoms with E-state index in [2.05, 4.69) is 4.74 Å². The second-order valence-electron chi connectivity index (χ2n) is 3.09. The zero-order chi connectivity index (χ0) is 9.68. The molecule has 0 radical (unpaired) electrons. The van der Waals surface area contributed by atoms with Crippen LogP contribution in [0.4, 0.5) is 4.79 Å². The van der Waals surface area contributed by atoms with Gasteiger partial charge in [-0.05, 0) is 17.4 Å². The Morgan fingerprint density at radius 2 is 1.92 bits per heavy atom. The summed E-state index contributed by atoms with van der Waals surface area (Å²) in [5.41, 5.74) is -0.763. The van der Waals surface area contributed by atoms with Crippen LogP contribution in [0.3, 0.4) is 0 Å². The Morgan fingerprint density at radius 3 is 2.46 bits per heavy atom. The molecule has 0 spiro atoms. The van der Waals surface area contributed by atoms with Crippen LogP contribution in [0.15, 0.2) is 0 Å². The summed E-state index contributed by atoms with van der Waals surface area (Å²) in [6.07, 6.45) is 5.17. The average molecular weight is 205 g/mol. The van der Waals surface area contributed by atoms with Gasteiger partial charge in [-0.1, -0.05) is 19.3 Å². The van der Waals surface area contributed by atoms with Gasteiger partial charge in [0.1, 0.15) is 6.10 Å². The van der Waals surface area contributed by atoms with Crippen LogP contribution in [0.25, 0.3) is 0 Å². The number of methoxy groups -OCH3 is 1. The summed E-state index contributed by atoms with van der Waals surface area (Å²) in [5, 5.41) is 0. The topological polar surface area (TPSA) is 52.6 Å². The molecule has 74 valence electrons. The van der Waals surface area contributed by atoms with Gasteiger partial charge in [-0.2, -0.15) is 4.79 Å². The molecule has 1 saturated carbocycles. The molecule has 1 aliphatic rings. The summed E-state index contributed by atoms with van der Waals surface area (Å²) < 4.78 is 20.5. The maximum Gasteiger partial charge on any atom is 0.636 e. The van der Waals surface area contributed by atoms with Gasteiger partial charge in [0, 0.05) is 0 Å². The lowest BCUT2D eigenvalue weighted by Crippen LogP contribution is -2.14. The standard InChI is InChI=1S/C8H14O4P/c1-11-8(9)13(10)12-7-5-3-2-4-6-7/h7H,2-6H2,1H3/q+1. The van der Waals surface area contributed by atoms with Crippen molar-refractivity contribution in [3.63, 3.8) is 0 Å². The molecule has 0 aromatic heterocycles. The van der Waals surface area contributed by atoms with Gasteiger partial charge >= 0.3 is 13.7 Å². The van der Waals surface area contributed by atoms with Gasteiger partial charge in [0.15, 0.2) is 0 Å². The quantitative estimate of drug-likeness (QED) is 0.664. The Balaban J connectivity index is 2.30. The fourth-order valence-electron chi connectivity index (χ4n) is 1.42. The van der Waals surface area contributed by atoms with Gasteiger partial charge in [0.25, 0.3) is 0 Å². The lowest BCUT2D eigenvalue weighted by molar-refractivity contribution is 0.154. The number of hydrogen-bond acceptors (Lipinski definition) is 4. The van der Waals surface area contributed by atoms with Crippen LogP contribution >= 0.6 is 8.03 Å². The molecule has 13 heavy (non-hydrogen) atoms. The highest BCUT2D eigenvalue weighted by Gasteiger charge is 2.36. The van der Waals surface area contributed by atoms with E-state index < -0.39 is 13.7 Å². The molecule has 1 atom stereocenters. The van der Waals surface area contributed by atoms with Crippen LogP contribution in [0.5, 0.6) is 0 Å². The minimum atomic E-state index is -2.28. The van der Waals surface area contributed by atoms with E-state index in [1.165, 1.54) is 13.5 Å². The Hall–Kier alpha value is -0.470. The van der Waals surface area contributed by atoms with E-state index in [4.69, 9.17) is 4.52 Å². The Kier molecular flexibility index (Phi) is 4.33. The van der Waals surface area contributed by atoms with Crippen molar-refractivity contribution in [1.82, 2.24) is 0 Å². The average Bonchev–Trinajstić information content (AvgIpc) is 2.18. The van der Waals surface area contributed by atoms with Gasteiger partial charge in [0.2, 0.25) is 0 Å². The molecule has 4 nitrogen and oxygen atoms in total. The zero-order valence-corrected chi connectivity index (χ0v) is 8.59. The molecule has 0 aromatic rings. The predicted octanol–water partition coefficient (Wildman–Crippen LogP) is 2.84. The lowest BCUT2D eigenvalue weighted by atomic mass is 9.98. The third-order valence-corrected chi connectivity index (χ3v) is 3.09. The van der Waals surface area contributed by atoms with E-state index in [1.54, 1.807) is 0 Å². The van der Waals surface area contributed by atoms with Crippen molar-refractivity contribution in [2.45, 2.75) is 38.2 Å². The highest BCUT2D eigenvalue weighted by atomic mass is 31.1. The van der Waals surface area contributed by atoms with Crippen molar-refractivity contribution >= 4 is 13.7 Å². The van der Waals surface area contributed by atoms with Crippen molar-refractivity contribution in [3.8, 4) is 0 Å². The Labute approximate surface area is 78.5 Å². The van der Waals surface area contributed by atoms with E-state index in [9.17, 15) is 9.36 Å². The van der Waals surface area contributed by atoms with Crippen molar-refractivity contribution in [1.29, 1.82) is 0 Å². The largest absolute Gasteiger partial charge is 0.636 e. The summed E-state index contributed by atoms with van der Waals surface area (Å²) >= 11 is 0. The summed E-state index contributed by atoms with van der Waals surface area (Å²) in [5.74, 6) is 0. The van der Waals surface area contributed by atoms with Crippen LogP contribution in [0, 0.1) is 0 Å². The molecular formula is C8H14O4P+. The SMILES string of the molecule is COC(=O)[P+](=O)OC1CCCCC1. The third kappa shape index (κ3) is 3.41. The highest BCUT2D eigenvalue weighted by Crippen LogP contribution is 2.32. The van der Waals surface area contributed by atoms with E-state index in [1.807, 2.05) is 0 Å². The Bertz CT molecular complexity index is 198. The van der Waals surface area contributed by atoms with E-state index in [0.717, 1.165) is 25.7 Å². The van der Waals surface area contributed by atoms with Crippen molar-refractivity contribution in [3.05, 3.63) is 0 Å². The zero-order valence-electron chi connectivity index (χ0n) is 7.69. The smallest absolute Gasteiger partial charge is 0.429 e. The summed E-state index contributed by atoms with van der Waals surface area (Å²) in [7, 11) is -1.07. The number of ether oxygens (including phenoxy) is 1. The molecule has 0 bridgehead atoms. The van der Waals surface area contributed by atoms with Crippen molar-refractivity contribution in [2.75, 3.05) is 7.11 Å². The molecule has 0 aliphatic heterocycles. The molecule has 0 heterocycles. The summed E-state index contributed by atoms with van der Waals surface area (Å²) in [6, 6.07) is 0. The predicted molar refractivity (Wildman–Crippen MR) is 48.0 cm³/mol. The summed E-state index contributed by atoms with van der Waals surface area (Å²) in [6.45, 7) is 0. The molecular weight excluding hydrogens is 191 g/mol. The number of hydrogen-bond donors (Lipinski definition) is 0. The van der Waals surface area contributed by atoms with Gasteiger partial charge in [-0.3, -0.25) is 0 Å². The van der Waals surface area contributed by atoms with Crippen molar-refractivity contribution < 1.29 is 18.6 Å². The first-order chi connectivity index (χ1) is 6.24.